The number of nitrogens with zero attached hydrogens (tertiary/aromatic N) is 1. The minimum atomic E-state index is -0.346. The van der Waals surface area contributed by atoms with Gasteiger partial charge in [0.2, 0.25) is 0 Å². The van der Waals surface area contributed by atoms with Crippen molar-refractivity contribution in [3.05, 3.63) is 39.9 Å². The summed E-state index contributed by atoms with van der Waals surface area (Å²) in [4.78, 5) is 10.5. The Hall–Kier alpha value is -1.46. The molecular formula is C15H24N2O3. The van der Waals surface area contributed by atoms with Crippen molar-refractivity contribution in [1.82, 2.24) is 5.32 Å². The lowest BCUT2D eigenvalue weighted by Gasteiger charge is -2.17. The summed E-state index contributed by atoms with van der Waals surface area (Å²) in [7, 11) is 1.72. The molecule has 0 radical (unpaired) electrons. The summed E-state index contributed by atoms with van der Waals surface area (Å²) in [6.07, 6.45) is 4.21. The van der Waals surface area contributed by atoms with Crippen LogP contribution < -0.4 is 5.32 Å². The van der Waals surface area contributed by atoms with Gasteiger partial charge in [-0.15, -0.1) is 0 Å². The largest absolute Gasteiger partial charge is 0.385 e. The van der Waals surface area contributed by atoms with Gasteiger partial charge in [0.15, 0.2) is 0 Å². The summed E-state index contributed by atoms with van der Waals surface area (Å²) in [5, 5.41) is 14.3. The number of non-ortho nitro benzene ring substituents is 1. The average molecular weight is 280 g/mol. The van der Waals surface area contributed by atoms with Crippen molar-refractivity contribution in [2.45, 2.75) is 38.6 Å². The average Bonchev–Trinajstić information content (AvgIpc) is 2.46. The number of rotatable bonds is 10. The Labute approximate surface area is 120 Å². The Bertz CT molecular complexity index is 410. The van der Waals surface area contributed by atoms with Crippen LogP contribution >= 0.6 is 0 Å². The second-order valence-electron chi connectivity index (χ2n) is 4.82. The van der Waals surface area contributed by atoms with Crippen molar-refractivity contribution < 1.29 is 9.66 Å². The van der Waals surface area contributed by atoms with Crippen molar-refractivity contribution in [2.75, 3.05) is 20.3 Å². The van der Waals surface area contributed by atoms with Crippen molar-refractivity contribution in [3.63, 3.8) is 0 Å². The Balaban J connectivity index is 2.45. The molecule has 0 heterocycles. The number of nitro benzene ring substituents is 1. The molecule has 5 heteroatoms. The Morgan fingerprint density at radius 2 is 2.15 bits per heavy atom. The first-order valence-electron chi connectivity index (χ1n) is 7.15. The van der Waals surface area contributed by atoms with Crippen LogP contribution in [0.5, 0.6) is 0 Å². The van der Waals surface area contributed by atoms with E-state index in [0.717, 1.165) is 44.4 Å². The number of nitrogens with one attached hydrogen (secondary N) is 1. The molecule has 20 heavy (non-hydrogen) atoms. The Morgan fingerprint density at radius 1 is 1.35 bits per heavy atom. The molecule has 112 valence electrons. The number of methoxy groups -OCH3 is 1. The molecule has 1 aromatic rings. The maximum Gasteiger partial charge on any atom is 0.269 e. The fourth-order valence-corrected chi connectivity index (χ4v) is 2.18. The first-order chi connectivity index (χ1) is 9.69. The van der Waals surface area contributed by atoms with E-state index in [9.17, 15) is 10.1 Å². The highest BCUT2D eigenvalue weighted by molar-refractivity contribution is 5.35. The monoisotopic (exact) mass is 280 g/mol. The van der Waals surface area contributed by atoms with Crippen LogP contribution in [0.1, 0.15) is 44.2 Å². The van der Waals surface area contributed by atoms with Crippen molar-refractivity contribution in [1.29, 1.82) is 0 Å². The molecule has 0 bridgehead atoms. The molecule has 0 aliphatic heterocycles. The van der Waals surface area contributed by atoms with Crippen molar-refractivity contribution >= 4 is 5.69 Å². The lowest BCUT2D eigenvalue weighted by molar-refractivity contribution is -0.384. The summed E-state index contributed by atoms with van der Waals surface area (Å²) in [6, 6.07) is 7.06. The van der Waals surface area contributed by atoms with Gasteiger partial charge in [-0.25, -0.2) is 0 Å². The van der Waals surface area contributed by atoms with Gasteiger partial charge in [-0.1, -0.05) is 19.1 Å². The van der Waals surface area contributed by atoms with Gasteiger partial charge in [-0.2, -0.15) is 0 Å². The van der Waals surface area contributed by atoms with Crippen LogP contribution in [0.25, 0.3) is 0 Å². The number of unbranched alkanes of at least 4 members (excludes halogenated alkanes) is 2. The molecule has 0 fully saturated rings. The quantitative estimate of drug-likeness (QED) is 0.405. The highest BCUT2D eigenvalue weighted by atomic mass is 16.6. The standard InChI is InChI=1S/C15H24N2O3/c1-3-15(16-10-5-4-6-11-20-2)13-8-7-9-14(12-13)17(18)19/h7-9,12,15-16H,3-6,10-11H2,1-2H3. The van der Waals surface area contributed by atoms with E-state index in [1.807, 2.05) is 6.07 Å². The predicted molar refractivity (Wildman–Crippen MR) is 79.9 cm³/mol. The molecule has 1 unspecified atom stereocenters. The van der Waals surface area contributed by atoms with E-state index in [2.05, 4.69) is 12.2 Å². The molecule has 0 aromatic heterocycles. The number of hydrogen-bond donors (Lipinski definition) is 1. The lowest BCUT2D eigenvalue weighted by atomic mass is 10.0. The van der Waals surface area contributed by atoms with Crippen molar-refractivity contribution in [3.8, 4) is 0 Å². The number of ether oxygens (including phenoxy) is 1. The van der Waals surface area contributed by atoms with E-state index in [1.165, 1.54) is 6.07 Å². The van der Waals surface area contributed by atoms with Gasteiger partial charge >= 0.3 is 0 Å². The van der Waals surface area contributed by atoms with Crippen LogP contribution in [0.4, 0.5) is 5.69 Å². The smallest absolute Gasteiger partial charge is 0.269 e. The van der Waals surface area contributed by atoms with E-state index in [-0.39, 0.29) is 16.7 Å². The molecule has 0 aliphatic carbocycles. The first-order valence-corrected chi connectivity index (χ1v) is 7.15. The molecule has 1 aromatic carbocycles. The molecule has 0 saturated carbocycles. The SMILES string of the molecule is CCC(NCCCCCOC)c1cccc([N+](=O)[O-])c1. The van der Waals surface area contributed by atoms with Crippen LogP contribution in [0.2, 0.25) is 0 Å². The minimum absolute atomic E-state index is 0.155. The van der Waals surface area contributed by atoms with Crippen LogP contribution in [0.15, 0.2) is 24.3 Å². The Morgan fingerprint density at radius 3 is 2.80 bits per heavy atom. The van der Waals surface area contributed by atoms with Crippen LogP contribution in [0, 0.1) is 10.1 Å². The summed E-state index contributed by atoms with van der Waals surface area (Å²) >= 11 is 0. The van der Waals surface area contributed by atoms with Gasteiger partial charge in [0, 0.05) is 31.9 Å². The van der Waals surface area contributed by atoms with Gasteiger partial charge in [0.25, 0.3) is 5.69 Å². The second kappa shape index (κ2) is 9.44. The Kier molecular flexibility index (Phi) is 7.84. The molecule has 0 spiro atoms. The molecule has 0 aliphatic rings. The van der Waals surface area contributed by atoms with E-state index in [4.69, 9.17) is 4.74 Å². The molecule has 0 saturated heterocycles. The zero-order chi connectivity index (χ0) is 14.8. The number of hydrogen-bond acceptors (Lipinski definition) is 4. The minimum Gasteiger partial charge on any atom is -0.385 e. The third-order valence-electron chi connectivity index (χ3n) is 3.31. The van der Waals surface area contributed by atoms with E-state index >= 15 is 0 Å². The zero-order valence-electron chi connectivity index (χ0n) is 12.3. The maximum absolute atomic E-state index is 10.8. The third-order valence-corrected chi connectivity index (χ3v) is 3.31. The molecule has 1 atom stereocenters. The van der Waals surface area contributed by atoms with Crippen molar-refractivity contribution in [2.24, 2.45) is 0 Å². The third kappa shape index (κ3) is 5.67. The normalized spacial score (nSPS) is 12.3. The number of benzene rings is 1. The van der Waals surface area contributed by atoms with Gasteiger partial charge in [0.1, 0.15) is 0 Å². The summed E-state index contributed by atoms with van der Waals surface area (Å²) in [5.41, 5.74) is 1.14. The van der Waals surface area contributed by atoms with Crippen LogP contribution in [-0.2, 0) is 4.74 Å². The highest BCUT2D eigenvalue weighted by Crippen LogP contribution is 2.21. The highest BCUT2D eigenvalue weighted by Gasteiger charge is 2.12. The fraction of sp³-hybridized carbons (Fsp3) is 0.600. The molecular weight excluding hydrogens is 256 g/mol. The molecule has 1 rings (SSSR count). The van der Waals surface area contributed by atoms with E-state index in [1.54, 1.807) is 19.2 Å². The number of nitro groups is 1. The summed E-state index contributed by atoms with van der Waals surface area (Å²) in [5.74, 6) is 0. The molecule has 5 nitrogen and oxygen atoms in total. The zero-order valence-corrected chi connectivity index (χ0v) is 12.3. The topological polar surface area (TPSA) is 64.4 Å². The lowest BCUT2D eigenvalue weighted by Crippen LogP contribution is -2.22. The predicted octanol–water partition coefficient (Wildman–Crippen LogP) is 3.45. The van der Waals surface area contributed by atoms with Crippen LogP contribution in [-0.4, -0.2) is 25.2 Å². The molecule has 1 N–H and O–H groups in total. The second-order valence-corrected chi connectivity index (χ2v) is 4.82. The van der Waals surface area contributed by atoms with E-state index < -0.39 is 0 Å². The summed E-state index contributed by atoms with van der Waals surface area (Å²) < 4.78 is 5.01. The fourth-order valence-electron chi connectivity index (χ4n) is 2.18. The summed E-state index contributed by atoms with van der Waals surface area (Å²) in [6.45, 7) is 3.81. The van der Waals surface area contributed by atoms with Gasteiger partial charge in [-0.05, 0) is 37.8 Å². The van der Waals surface area contributed by atoms with Gasteiger partial charge < -0.3 is 10.1 Å². The van der Waals surface area contributed by atoms with E-state index in [0.29, 0.717) is 0 Å². The maximum atomic E-state index is 10.8. The molecule has 0 amide bonds. The van der Waals surface area contributed by atoms with Gasteiger partial charge in [0.05, 0.1) is 4.92 Å². The van der Waals surface area contributed by atoms with Crippen LogP contribution in [0.3, 0.4) is 0 Å². The van der Waals surface area contributed by atoms with Gasteiger partial charge in [-0.3, -0.25) is 10.1 Å². The first kappa shape index (κ1) is 16.6.